The second-order valence-electron chi connectivity index (χ2n) is 7.31. The van der Waals surface area contributed by atoms with Gasteiger partial charge in [-0.1, -0.05) is 33.4 Å². The van der Waals surface area contributed by atoms with Crippen LogP contribution in [-0.2, 0) is 36.3 Å². The molecule has 1 aliphatic rings. The van der Waals surface area contributed by atoms with Crippen LogP contribution in [0.4, 0.5) is 11.6 Å². The van der Waals surface area contributed by atoms with Crippen molar-refractivity contribution in [1.29, 1.82) is 0 Å². The van der Waals surface area contributed by atoms with Gasteiger partial charge in [-0.15, -0.1) is 0 Å². The number of aromatic nitrogens is 2. The van der Waals surface area contributed by atoms with Crippen molar-refractivity contribution >= 4 is 56.7 Å². The molecule has 0 radical (unpaired) electrons. The maximum Gasteiger partial charge on any atom is 0.490 e. The molecule has 1 saturated heterocycles. The molecule has 39 heavy (non-hydrogen) atoms. The first-order valence-corrected chi connectivity index (χ1v) is 17.8. The van der Waals surface area contributed by atoms with E-state index in [1.165, 1.54) is 34.0 Å². The van der Waals surface area contributed by atoms with Gasteiger partial charge >= 0.3 is 23.5 Å². The predicted molar refractivity (Wildman–Crippen MR) is 144 cm³/mol. The van der Waals surface area contributed by atoms with E-state index in [4.69, 9.17) is 35.3 Å². The Labute approximate surface area is 231 Å². The molecule has 22 heteroatoms. The van der Waals surface area contributed by atoms with Crippen molar-refractivity contribution in [3.8, 4) is 11.8 Å². The number of nitrogens with two attached hydrogens (primary N) is 2. The number of nitrogens with zero attached hydrogens (tertiary/aromatic N) is 3. The minimum absolute atomic E-state index is 0.134. The molecule has 2 unspecified atom stereocenters. The summed E-state index contributed by atoms with van der Waals surface area (Å²) < 4.78 is 58.8. The van der Waals surface area contributed by atoms with E-state index in [1.54, 1.807) is 18.0 Å². The molecule has 0 bridgehead atoms. The summed E-state index contributed by atoms with van der Waals surface area (Å²) in [5, 5.41) is 0. The first-order chi connectivity index (χ1) is 18.2. The summed E-state index contributed by atoms with van der Waals surface area (Å²) in [4.78, 5) is 46.4. The van der Waals surface area contributed by atoms with E-state index in [1.807, 2.05) is 6.26 Å². The SMILES string of the molecule is CSSCO[C@H]1C[C@H](N(/C=C/C#CCN)c2ncnc(N)c2C)O[C@@H]1COP(=O)(O)OP(=O)(O)OP(=O)(O)O. The topological polar surface area (TPSA) is 259 Å². The van der Waals surface area contributed by atoms with Crippen molar-refractivity contribution < 1.29 is 55.9 Å². The molecule has 1 aromatic heterocycles. The normalized spacial score (nSPS) is 22.7. The van der Waals surface area contributed by atoms with Crippen LogP contribution in [-0.4, -0.2) is 73.3 Å². The fourth-order valence-electron chi connectivity index (χ4n) is 3.08. The molecule has 17 nitrogen and oxygen atoms in total. The molecular weight excluding hydrogens is 623 g/mol. The molecule has 1 fully saturated rings. The van der Waals surface area contributed by atoms with Crippen LogP contribution in [0.25, 0.3) is 0 Å². The van der Waals surface area contributed by atoms with Gasteiger partial charge in [0.1, 0.15) is 36.2 Å². The standard InChI is InChI=1S/C17H28N5O12P3S2/c1-12-16(19)20-10-21-17(12)22(7-5-3-4-6-18)15-8-13(30-11-39-38-2)14(32-15)9-31-36(26,27)34-37(28,29)33-35(23,24)25/h5,7,10,13-15H,6,8-9,11,18H2,1-2H3,(H,26,27)(H,28,29)(H2,19,20,21)(H2,23,24,25)/b7-5+/t13-,14+,15+/m0/s1. The lowest BCUT2D eigenvalue weighted by molar-refractivity contribution is -0.0348. The van der Waals surface area contributed by atoms with Gasteiger partial charge in [-0.3, -0.25) is 4.52 Å². The zero-order chi connectivity index (χ0) is 29.3. The second kappa shape index (κ2) is 15.3. The Bertz CT molecular complexity index is 1210. The minimum atomic E-state index is -5.68. The van der Waals surface area contributed by atoms with Gasteiger partial charge in [0.05, 0.1) is 19.3 Å². The molecule has 0 saturated carbocycles. The Morgan fingerprint density at radius 2 is 1.95 bits per heavy atom. The highest BCUT2D eigenvalue weighted by atomic mass is 33.1. The molecule has 0 aliphatic carbocycles. The number of allylic oxidation sites excluding steroid dienone is 1. The maximum atomic E-state index is 12.2. The third-order valence-corrected chi connectivity index (χ3v) is 9.89. The van der Waals surface area contributed by atoms with Crippen LogP contribution in [0.15, 0.2) is 18.6 Å². The van der Waals surface area contributed by atoms with Gasteiger partial charge in [0.2, 0.25) is 0 Å². The van der Waals surface area contributed by atoms with Gasteiger partial charge in [-0.2, -0.15) is 8.62 Å². The summed E-state index contributed by atoms with van der Waals surface area (Å²) in [5.41, 5.74) is 11.9. The van der Waals surface area contributed by atoms with E-state index in [9.17, 15) is 23.5 Å². The fourth-order valence-corrected chi connectivity index (χ4v) is 6.90. The Morgan fingerprint density at radius 3 is 2.59 bits per heavy atom. The highest BCUT2D eigenvalue weighted by Gasteiger charge is 2.44. The zero-order valence-electron chi connectivity index (χ0n) is 20.5. The van der Waals surface area contributed by atoms with Crippen molar-refractivity contribution in [2.24, 2.45) is 5.73 Å². The number of hydrogen-bond acceptors (Lipinski definition) is 15. The van der Waals surface area contributed by atoms with Crippen molar-refractivity contribution in [2.45, 2.75) is 31.8 Å². The molecule has 220 valence electrons. The first-order valence-electron chi connectivity index (χ1n) is 10.6. The lowest BCUT2D eigenvalue weighted by Crippen LogP contribution is -2.33. The zero-order valence-corrected chi connectivity index (χ0v) is 24.8. The number of hydrogen-bond donors (Lipinski definition) is 6. The Morgan fingerprint density at radius 1 is 1.23 bits per heavy atom. The lowest BCUT2D eigenvalue weighted by Gasteiger charge is -2.27. The summed E-state index contributed by atoms with van der Waals surface area (Å²) in [7, 11) is -13.8. The Hall–Kier alpha value is -1.03. The van der Waals surface area contributed by atoms with Crippen LogP contribution < -0.4 is 16.4 Å². The third kappa shape index (κ3) is 11.8. The molecule has 8 N–H and O–H groups in total. The average molecular weight is 651 g/mol. The van der Waals surface area contributed by atoms with E-state index in [-0.39, 0.29) is 24.7 Å². The van der Waals surface area contributed by atoms with Crippen LogP contribution >= 0.6 is 45.1 Å². The highest BCUT2D eigenvalue weighted by molar-refractivity contribution is 8.76. The summed E-state index contributed by atoms with van der Waals surface area (Å²) in [6, 6.07) is 0. The van der Waals surface area contributed by atoms with Crippen molar-refractivity contribution in [3.63, 3.8) is 0 Å². The molecule has 1 aromatic rings. The van der Waals surface area contributed by atoms with Crippen LogP contribution in [0.1, 0.15) is 12.0 Å². The highest BCUT2D eigenvalue weighted by Crippen LogP contribution is 2.66. The number of anilines is 2. The van der Waals surface area contributed by atoms with Gasteiger partial charge in [0.15, 0.2) is 0 Å². The quantitative estimate of drug-likeness (QED) is 0.0547. The van der Waals surface area contributed by atoms with Gasteiger partial charge in [-0.05, 0) is 13.2 Å². The summed E-state index contributed by atoms with van der Waals surface area (Å²) in [6.07, 6.45) is 3.85. The Kier molecular flexibility index (Phi) is 13.4. The smallest absolute Gasteiger partial charge is 0.383 e. The summed E-state index contributed by atoms with van der Waals surface area (Å²) in [5.74, 6) is 6.24. The maximum absolute atomic E-state index is 12.2. The molecular formula is C17H28N5O12P3S2. The summed E-state index contributed by atoms with van der Waals surface area (Å²) in [6.45, 7) is 1.14. The van der Waals surface area contributed by atoms with Gasteiger partial charge < -0.3 is 45.4 Å². The van der Waals surface area contributed by atoms with E-state index in [0.29, 0.717) is 11.4 Å². The monoisotopic (exact) mass is 651 g/mol. The molecule has 0 spiro atoms. The van der Waals surface area contributed by atoms with Gasteiger partial charge in [-0.25, -0.2) is 23.7 Å². The van der Waals surface area contributed by atoms with Gasteiger partial charge in [0.25, 0.3) is 0 Å². The van der Waals surface area contributed by atoms with Crippen LogP contribution in [0.3, 0.4) is 0 Å². The van der Waals surface area contributed by atoms with Crippen LogP contribution in [0.5, 0.6) is 0 Å². The third-order valence-electron chi connectivity index (χ3n) is 4.62. The number of ether oxygens (including phenoxy) is 2. The number of phosphoric ester groups is 1. The van der Waals surface area contributed by atoms with E-state index in [2.05, 4.69) is 30.4 Å². The lowest BCUT2D eigenvalue weighted by atomic mass is 10.1. The fraction of sp³-hybridized carbons (Fsp3) is 0.529. The van der Waals surface area contributed by atoms with E-state index < -0.39 is 48.5 Å². The van der Waals surface area contributed by atoms with Gasteiger partial charge in [0, 0.05) is 24.3 Å². The average Bonchev–Trinajstić information content (AvgIpc) is 3.20. The van der Waals surface area contributed by atoms with Crippen molar-refractivity contribution in [1.82, 2.24) is 9.97 Å². The van der Waals surface area contributed by atoms with Crippen molar-refractivity contribution in [3.05, 3.63) is 24.2 Å². The molecule has 2 rings (SSSR count). The summed E-state index contributed by atoms with van der Waals surface area (Å²) >= 11 is 0. The molecule has 2 heterocycles. The number of rotatable bonds is 14. The largest absolute Gasteiger partial charge is 0.490 e. The minimum Gasteiger partial charge on any atom is -0.383 e. The van der Waals surface area contributed by atoms with Crippen molar-refractivity contribution in [2.75, 3.05) is 36.0 Å². The first kappa shape index (κ1) is 34.2. The van der Waals surface area contributed by atoms with E-state index >= 15 is 0 Å². The number of nitrogen functional groups attached to an aromatic ring is 1. The molecule has 0 aromatic carbocycles. The molecule has 0 amide bonds. The second-order valence-corrected chi connectivity index (χ2v) is 14.2. The number of phosphoric acid groups is 3. The predicted octanol–water partition coefficient (Wildman–Crippen LogP) is 1.46. The molecule has 5 atom stereocenters. The van der Waals surface area contributed by atoms with Crippen LogP contribution in [0.2, 0.25) is 0 Å². The Balaban J connectivity index is 2.27. The molecule has 1 aliphatic heterocycles. The van der Waals surface area contributed by atoms with Crippen LogP contribution in [0, 0.1) is 18.8 Å². The van der Waals surface area contributed by atoms with E-state index in [0.717, 1.165) is 0 Å².